The lowest BCUT2D eigenvalue weighted by Gasteiger charge is -2.37. The first-order valence-electron chi connectivity index (χ1n) is 12.3. The zero-order valence-corrected chi connectivity index (χ0v) is 19.7. The number of carbonyl (C=O) groups excluding carboxylic acids is 1. The van der Waals surface area contributed by atoms with Crippen LogP contribution in [0.5, 0.6) is 0 Å². The lowest BCUT2D eigenvalue weighted by atomic mass is 9.79. The molecule has 3 aliphatic heterocycles. The van der Waals surface area contributed by atoms with E-state index in [1.165, 1.54) is 44.5 Å². The van der Waals surface area contributed by atoms with E-state index in [-0.39, 0.29) is 12.1 Å². The van der Waals surface area contributed by atoms with E-state index < -0.39 is 5.60 Å². The van der Waals surface area contributed by atoms with E-state index in [0.29, 0.717) is 19.1 Å². The molecule has 1 aliphatic carbocycles. The molecule has 1 amide bonds. The van der Waals surface area contributed by atoms with Crippen LogP contribution in [0.1, 0.15) is 59.3 Å². The number of nitrogens with zero attached hydrogens (tertiary/aromatic N) is 2. The van der Waals surface area contributed by atoms with Gasteiger partial charge in [0.05, 0.1) is 6.61 Å². The maximum atomic E-state index is 12.8. The summed E-state index contributed by atoms with van der Waals surface area (Å²) in [5.41, 5.74) is 2.64. The molecular formula is C25H41N3O3. The molecule has 0 saturated carbocycles. The fourth-order valence-electron chi connectivity index (χ4n) is 5.58. The average molecular weight is 432 g/mol. The number of ether oxygens (including phenoxy) is 2. The van der Waals surface area contributed by atoms with E-state index in [1.54, 1.807) is 5.57 Å². The molecule has 2 fully saturated rings. The predicted octanol–water partition coefficient (Wildman–Crippen LogP) is 3.94. The number of hydrogen-bond acceptors (Lipinski definition) is 5. The molecule has 0 bridgehead atoms. The Balaban J connectivity index is 1.26. The molecule has 0 aromatic rings. The number of piperidine rings is 1. The predicted molar refractivity (Wildman–Crippen MR) is 123 cm³/mol. The van der Waals surface area contributed by atoms with Gasteiger partial charge in [0.2, 0.25) is 0 Å². The number of rotatable bonds is 4. The lowest BCUT2D eigenvalue weighted by molar-refractivity contribution is 0.0141. The Labute approximate surface area is 188 Å². The van der Waals surface area contributed by atoms with Crippen molar-refractivity contribution in [3.8, 4) is 0 Å². The summed E-state index contributed by atoms with van der Waals surface area (Å²) in [4.78, 5) is 17.3. The second kappa shape index (κ2) is 9.95. The van der Waals surface area contributed by atoms with Crippen LogP contribution in [0.2, 0.25) is 0 Å². The minimum atomic E-state index is -0.464. The number of allylic oxidation sites excluding steroid dienone is 3. The maximum Gasteiger partial charge on any atom is 0.410 e. The summed E-state index contributed by atoms with van der Waals surface area (Å²) >= 11 is 0. The summed E-state index contributed by atoms with van der Waals surface area (Å²) in [6.07, 6.45) is 11.4. The zero-order valence-electron chi connectivity index (χ0n) is 19.7. The van der Waals surface area contributed by atoms with Crippen LogP contribution in [0.15, 0.2) is 23.4 Å². The topological polar surface area (TPSA) is 54.0 Å². The summed E-state index contributed by atoms with van der Waals surface area (Å²) in [7, 11) is 0. The second-order valence-corrected chi connectivity index (χ2v) is 10.6. The third-order valence-corrected chi connectivity index (χ3v) is 7.26. The van der Waals surface area contributed by atoms with Crippen LogP contribution < -0.4 is 5.32 Å². The van der Waals surface area contributed by atoms with E-state index in [9.17, 15) is 4.79 Å². The quantitative estimate of drug-likeness (QED) is 0.731. The molecule has 6 nitrogen and oxygen atoms in total. The number of carbonyl (C=O) groups is 1. The van der Waals surface area contributed by atoms with Crippen molar-refractivity contribution in [2.45, 2.75) is 70.9 Å². The van der Waals surface area contributed by atoms with E-state index >= 15 is 0 Å². The highest BCUT2D eigenvalue weighted by Crippen LogP contribution is 2.37. The highest BCUT2D eigenvalue weighted by Gasteiger charge is 2.34. The molecule has 4 aliphatic rings. The largest absolute Gasteiger partial charge is 0.444 e. The van der Waals surface area contributed by atoms with E-state index in [2.05, 4.69) is 22.4 Å². The molecule has 0 radical (unpaired) electrons. The Kier molecular flexibility index (Phi) is 7.27. The standard InChI is InChI=1S/C25H41N3O3/c1-25(2,3)31-24(29)28-15-17-30-16-11-20(28)10-14-27-12-8-19(9-13-27)22-18-26-23-7-5-4-6-21(22)23/h4,6,19-20,22,26H,5,7-18H2,1-3H3. The van der Waals surface area contributed by atoms with E-state index in [4.69, 9.17) is 9.47 Å². The van der Waals surface area contributed by atoms with Gasteiger partial charge in [-0.3, -0.25) is 0 Å². The van der Waals surface area contributed by atoms with Crippen LogP contribution in [0.3, 0.4) is 0 Å². The van der Waals surface area contributed by atoms with Crippen molar-refractivity contribution in [3.63, 3.8) is 0 Å². The molecule has 2 saturated heterocycles. The van der Waals surface area contributed by atoms with Gasteiger partial charge in [0.1, 0.15) is 5.60 Å². The monoisotopic (exact) mass is 431 g/mol. The molecule has 0 aromatic heterocycles. The van der Waals surface area contributed by atoms with Crippen molar-refractivity contribution >= 4 is 6.09 Å². The smallest absolute Gasteiger partial charge is 0.410 e. The molecule has 1 N–H and O–H groups in total. The normalized spacial score (nSPS) is 28.3. The summed E-state index contributed by atoms with van der Waals surface area (Å²) in [5.74, 6) is 1.50. The Hall–Kier alpha value is -1.53. The van der Waals surface area contributed by atoms with Gasteiger partial charge in [-0.25, -0.2) is 4.79 Å². The Morgan fingerprint density at radius 1 is 1.19 bits per heavy atom. The van der Waals surface area contributed by atoms with Crippen LogP contribution in [0, 0.1) is 11.8 Å². The molecule has 2 atom stereocenters. The second-order valence-electron chi connectivity index (χ2n) is 10.6. The van der Waals surface area contributed by atoms with Crippen molar-refractivity contribution in [2.24, 2.45) is 11.8 Å². The maximum absolute atomic E-state index is 12.8. The van der Waals surface area contributed by atoms with Gasteiger partial charge in [-0.1, -0.05) is 12.2 Å². The molecule has 3 heterocycles. The Morgan fingerprint density at radius 2 is 2.00 bits per heavy atom. The molecule has 4 rings (SSSR count). The number of likely N-dealkylation sites (tertiary alicyclic amines) is 1. The molecule has 2 unspecified atom stereocenters. The fraction of sp³-hybridized carbons (Fsp3) is 0.800. The minimum absolute atomic E-state index is 0.194. The van der Waals surface area contributed by atoms with Crippen molar-refractivity contribution in [3.05, 3.63) is 23.4 Å². The third-order valence-electron chi connectivity index (χ3n) is 7.26. The Bertz CT molecular complexity index is 689. The van der Waals surface area contributed by atoms with Gasteiger partial charge in [-0.15, -0.1) is 0 Å². The van der Waals surface area contributed by atoms with E-state index in [1.807, 2.05) is 25.7 Å². The first-order valence-corrected chi connectivity index (χ1v) is 12.3. The van der Waals surface area contributed by atoms with Gasteiger partial charge >= 0.3 is 6.09 Å². The lowest BCUT2D eigenvalue weighted by Crippen LogP contribution is -2.46. The van der Waals surface area contributed by atoms with Gasteiger partial charge in [0.15, 0.2) is 0 Å². The number of hydrogen-bond donors (Lipinski definition) is 1. The highest BCUT2D eigenvalue weighted by atomic mass is 16.6. The van der Waals surface area contributed by atoms with Crippen molar-refractivity contribution in [1.82, 2.24) is 15.1 Å². The minimum Gasteiger partial charge on any atom is -0.444 e. The average Bonchev–Trinajstić information content (AvgIpc) is 3.02. The molecule has 174 valence electrons. The summed E-state index contributed by atoms with van der Waals surface area (Å²) in [6, 6.07) is 0.203. The summed E-state index contributed by atoms with van der Waals surface area (Å²) in [5, 5.41) is 3.68. The zero-order chi connectivity index (χ0) is 21.8. The first kappa shape index (κ1) is 22.7. The number of amides is 1. The van der Waals surface area contributed by atoms with Crippen LogP contribution in [0.25, 0.3) is 0 Å². The summed E-state index contributed by atoms with van der Waals surface area (Å²) < 4.78 is 11.3. The first-order chi connectivity index (χ1) is 14.9. The number of nitrogens with one attached hydrogen (secondary N) is 1. The van der Waals surface area contributed by atoms with Crippen molar-refractivity contribution in [2.75, 3.05) is 45.9 Å². The molecule has 0 aromatic carbocycles. The molecule has 6 heteroatoms. The van der Waals surface area contributed by atoms with Gasteiger partial charge in [0.25, 0.3) is 0 Å². The van der Waals surface area contributed by atoms with Crippen LogP contribution in [-0.2, 0) is 9.47 Å². The van der Waals surface area contributed by atoms with E-state index in [0.717, 1.165) is 38.5 Å². The SMILES string of the molecule is CC(C)(C)OC(=O)N1CCOCCC1CCN1CCC(C2CNC3=C2C=CCC3)CC1. The van der Waals surface area contributed by atoms with Gasteiger partial charge in [0, 0.05) is 43.9 Å². The Morgan fingerprint density at radius 3 is 2.77 bits per heavy atom. The van der Waals surface area contributed by atoms with Crippen LogP contribution in [-0.4, -0.2) is 73.5 Å². The van der Waals surface area contributed by atoms with Gasteiger partial charge in [-0.05, 0) is 83.9 Å². The van der Waals surface area contributed by atoms with Gasteiger partial charge < -0.3 is 24.6 Å². The fourth-order valence-corrected chi connectivity index (χ4v) is 5.58. The van der Waals surface area contributed by atoms with Crippen LogP contribution >= 0.6 is 0 Å². The molecule has 31 heavy (non-hydrogen) atoms. The molecular weight excluding hydrogens is 390 g/mol. The van der Waals surface area contributed by atoms with Crippen molar-refractivity contribution < 1.29 is 14.3 Å². The van der Waals surface area contributed by atoms with Crippen LogP contribution in [0.4, 0.5) is 4.79 Å². The molecule has 0 spiro atoms. The highest BCUT2D eigenvalue weighted by molar-refractivity contribution is 5.68. The third kappa shape index (κ3) is 5.83. The van der Waals surface area contributed by atoms with Gasteiger partial charge in [-0.2, -0.15) is 0 Å². The van der Waals surface area contributed by atoms with Crippen molar-refractivity contribution in [1.29, 1.82) is 0 Å². The summed E-state index contributed by atoms with van der Waals surface area (Å²) in [6.45, 7) is 12.3.